The molecule has 6 nitrogen and oxygen atoms in total. The van der Waals surface area contributed by atoms with Gasteiger partial charge in [-0.15, -0.1) is 12.4 Å². The minimum absolute atomic E-state index is 0. The number of amides is 1. The third kappa shape index (κ3) is 3.38. The van der Waals surface area contributed by atoms with Crippen LogP contribution in [0, 0.1) is 5.41 Å². The summed E-state index contributed by atoms with van der Waals surface area (Å²) in [6.07, 6.45) is 6.06. The fraction of sp³-hybridized carbons (Fsp3) is 0.500. The van der Waals surface area contributed by atoms with E-state index in [-0.39, 0.29) is 29.5 Å². The molecular formula is C22H27ClN4O2. The number of ketones is 1. The highest BCUT2D eigenvalue weighted by Crippen LogP contribution is 2.43. The van der Waals surface area contributed by atoms with Crippen LogP contribution in [-0.4, -0.2) is 53.0 Å². The van der Waals surface area contributed by atoms with Crippen LogP contribution in [0.3, 0.4) is 0 Å². The van der Waals surface area contributed by atoms with Gasteiger partial charge in [-0.3, -0.25) is 14.7 Å². The smallest absolute Gasteiger partial charge is 0.257 e. The summed E-state index contributed by atoms with van der Waals surface area (Å²) in [7, 11) is 0. The molecule has 2 aromatic rings. The molecule has 3 heterocycles. The fourth-order valence-corrected chi connectivity index (χ4v) is 5.20. The monoisotopic (exact) mass is 414 g/mol. The zero-order valence-electron chi connectivity index (χ0n) is 16.4. The second kappa shape index (κ2) is 7.92. The molecule has 29 heavy (non-hydrogen) atoms. The predicted octanol–water partition coefficient (Wildman–Crippen LogP) is 2.96. The summed E-state index contributed by atoms with van der Waals surface area (Å²) >= 11 is 0. The predicted molar refractivity (Wildman–Crippen MR) is 113 cm³/mol. The van der Waals surface area contributed by atoms with Gasteiger partial charge in [0.05, 0.1) is 17.5 Å². The van der Waals surface area contributed by atoms with Crippen molar-refractivity contribution >= 4 is 24.1 Å². The van der Waals surface area contributed by atoms with Crippen LogP contribution in [0.15, 0.2) is 30.5 Å². The summed E-state index contributed by atoms with van der Waals surface area (Å²) in [6.45, 7) is 3.15. The number of aryl methyl sites for hydroxylation is 1. The maximum Gasteiger partial charge on any atom is 0.257 e. The number of likely N-dealkylation sites (tertiary alicyclic amines) is 1. The molecule has 2 N–H and O–H groups in total. The average Bonchev–Trinajstić information content (AvgIpc) is 3.43. The SMILES string of the molecule is Cl.O=C(c1cn[nH]c1C1CCNC1)N1CCC2(CCc3ccccc3C2=O)CC1. The largest absolute Gasteiger partial charge is 0.338 e. The van der Waals surface area contributed by atoms with Crippen molar-refractivity contribution in [1.82, 2.24) is 20.4 Å². The number of rotatable bonds is 2. The molecule has 1 amide bonds. The van der Waals surface area contributed by atoms with E-state index in [1.54, 1.807) is 6.20 Å². The van der Waals surface area contributed by atoms with Crippen molar-refractivity contribution in [2.24, 2.45) is 5.41 Å². The Balaban J connectivity index is 0.00000205. The highest BCUT2D eigenvalue weighted by Gasteiger charge is 2.45. The molecule has 1 aromatic carbocycles. The van der Waals surface area contributed by atoms with E-state index in [1.807, 2.05) is 23.1 Å². The summed E-state index contributed by atoms with van der Waals surface area (Å²) in [5.74, 6) is 0.658. The number of hydrogen-bond acceptors (Lipinski definition) is 4. The molecule has 0 saturated carbocycles. The molecule has 5 rings (SSSR count). The number of fused-ring (bicyclic) bond motifs is 1. The molecule has 0 bridgehead atoms. The molecule has 1 aliphatic carbocycles. The molecule has 1 atom stereocenters. The Morgan fingerprint density at radius 2 is 1.97 bits per heavy atom. The number of nitrogens with zero attached hydrogens (tertiary/aromatic N) is 2. The van der Waals surface area contributed by atoms with Gasteiger partial charge in [-0.25, -0.2) is 0 Å². The standard InChI is InChI=1S/C22H26N4O2.ClH/c27-20-17-4-2-1-3-15(17)5-7-22(20)8-11-26(12-9-22)21(28)18-14-24-25-19(18)16-6-10-23-13-16;/h1-4,14,16,23H,5-13H2,(H,24,25);1H. The number of aromatic nitrogens is 2. The molecule has 154 valence electrons. The molecular weight excluding hydrogens is 388 g/mol. The second-order valence-corrected chi connectivity index (χ2v) is 8.45. The summed E-state index contributed by atoms with van der Waals surface area (Å²) in [4.78, 5) is 28.3. The fourth-order valence-electron chi connectivity index (χ4n) is 5.20. The normalized spacial score (nSPS) is 23.0. The van der Waals surface area contributed by atoms with Crippen molar-refractivity contribution in [1.29, 1.82) is 0 Å². The molecule has 0 radical (unpaired) electrons. The van der Waals surface area contributed by atoms with E-state index < -0.39 is 0 Å². The van der Waals surface area contributed by atoms with E-state index in [0.29, 0.717) is 24.6 Å². The van der Waals surface area contributed by atoms with E-state index in [9.17, 15) is 9.59 Å². The Morgan fingerprint density at radius 3 is 2.72 bits per heavy atom. The van der Waals surface area contributed by atoms with Crippen molar-refractivity contribution < 1.29 is 9.59 Å². The topological polar surface area (TPSA) is 78.1 Å². The number of hydrogen-bond donors (Lipinski definition) is 2. The minimum atomic E-state index is -0.292. The number of carbonyl (C=O) groups excluding carboxylic acids is 2. The van der Waals surface area contributed by atoms with Crippen molar-refractivity contribution in [3.05, 3.63) is 52.8 Å². The van der Waals surface area contributed by atoms with Crippen LogP contribution in [0.1, 0.15) is 63.6 Å². The number of H-pyrrole nitrogens is 1. The zero-order chi connectivity index (χ0) is 19.1. The summed E-state index contributed by atoms with van der Waals surface area (Å²) in [5, 5.41) is 10.5. The molecule has 1 unspecified atom stereocenters. The van der Waals surface area contributed by atoms with E-state index in [4.69, 9.17) is 0 Å². The highest BCUT2D eigenvalue weighted by molar-refractivity contribution is 6.03. The lowest BCUT2D eigenvalue weighted by Crippen LogP contribution is -2.48. The number of nitrogens with one attached hydrogen (secondary N) is 2. The van der Waals surface area contributed by atoms with Crippen LogP contribution in [0.2, 0.25) is 0 Å². The average molecular weight is 415 g/mol. The molecule has 2 saturated heterocycles. The van der Waals surface area contributed by atoms with Crippen molar-refractivity contribution in [3.8, 4) is 0 Å². The first kappa shape index (κ1) is 20.1. The third-order valence-corrected chi connectivity index (χ3v) is 6.99. The molecule has 1 spiro atoms. The van der Waals surface area contributed by atoms with E-state index in [0.717, 1.165) is 56.5 Å². The number of halogens is 1. The van der Waals surface area contributed by atoms with Crippen LogP contribution in [0.5, 0.6) is 0 Å². The lowest BCUT2D eigenvalue weighted by atomic mass is 9.65. The zero-order valence-corrected chi connectivity index (χ0v) is 17.3. The number of aromatic amines is 1. The first-order valence-electron chi connectivity index (χ1n) is 10.3. The molecule has 7 heteroatoms. The lowest BCUT2D eigenvalue weighted by molar-refractivity contribution is 0.0456. The maximum absolute atomic E-state index is 13.2. The van der Waals surface area contributed by atoms with Crippen LogP contribution in [0.25, 0.3) is 0 Å². The van der Waals surface area contributed by atoms with Gasteiger partial charge in [0.1, 0.15) is 0 Å². The third-order valence-electron chi connectivity index (χ3n) is 6.99. The number of Topliss-reactive ketones (excluding diaryl/α,β-unsaturated/α-hetero) is 1. The van der Waals surface area contributed by atoms with Gasteiger partial charge in [-0.05, 0) is 44.2 Å². The van der Waals surface area contributed by atoms with Gasteiger partial charge >= 0.3 is 0 Å². The van der Waals surface area contributed by atoms with Gasteiger partial charge in [-0.2, -0.15) is 5.10 Å². The van der Waals surface area contributed by atoms with Crippen molar-refractivity contribution in [3.63, 3.8) is 0 Å². The van der Waals surface area contributed by atoms with Gasteiger partial charge in [0.25, 0.3) is 5.91 Å². The number of piperidine rings is 1. The number of benzene rings is 1. The summed E-state index contributed by atoms with van der Waals surface area (Å²) in [6, 6.07) is 7.99. The van der Waals surface area contributed by atoms with Crippen LogP contribution < -0.4 is 5.32 Å². The second-order valence-electron chi connectivity index (χ2n) is 8.45. The van der Waals surface area contributed by atoms with Crippen LogP contribution in [0.4, 0.5) is 0 Å². The van der Waals surface area contributed by atoms with Crippen molar-refractivity contribution in [2.75, 3.05) is 26.2 Å². The van der Waals surface area contributed by atoms with E-state index in [1.165, 1.54) is 5.56 Å². The Labute approximate surface area is 176 Å². The Bertz CT molecular complexity index is 911. The first-order chi connectivity index (χ1) is 13.7. The van der Waals surface area contributed by atoms with E-state index >= 15 is 0 Å². The Hall–Kier alpha value is -2.18. The molecule has 2 fully saturated rings. The van der Waals surface area contributed by atoms with Gasteiger partial charge in [0.15, 0.2) is 5.78 Å². The van der Waals surface area contributed by atoms with Crippen LogP contribution in [-0.2, 0) is 6.42 Å². The van der Waals surface area contributed by atoms with E-state index in [2.05, 4.69) is 21.6 Å². The summed E-state index contributed by atoms with van der Waals surface area (Å²) in [5.41, 5.74) is 3.42. The van der Waals surface area contributed by atoms with Crippen LogP contribution >= 0.6 is 12.4 Å². The van der Waals surface area contributed by atoms with Gasteiger partial charge in [0.2, 0.25) is 0 Å². The quantitative estimate of drug-likeness (QED) is 0.791. The first-order valence-corrected chi connectivity index (χ1v) is 10.3. The Morgan fingerprint density at radius 1 is 1.17 bits per heavy atom. The molecule has 2 aliphatic heterocycles. The highest BCUT2D eigenvalue weighted by atomic mass is 35.5. The lowest BCUT2D eigenvalue weighted by Gasteiger charge is -2.43. The number of carbonyl (C=O) groups is 2. The van der Waals surface area contributed by atoms with Crippen molar-refractivity contribution in [2.45, 2.75) is 38.0 Å². The van der Waals surface area contributed by atoms with Gasteiger partial charge < -0.3 is 10.2 Å². The molecule has 1 aromatic heterocycles. The minimum Gasteiger partial charge on any atom is -0.338 e. The van der Waals surface area contributed by atoms with Gasteiger partial charge in [0, 0.05) is 36.5 Å². The van der Waals surface area contributed by atoms with Gasteiger partial charge in [-0.1, -0.05) is 24.3 Å². The molecule has 3 aliphatic rings. The Kier molecular flexibility index (Phi) is 5.49. The maximum atomic E-state index is 13.2. The summed E-state index contributed by atoms with van der Waals surface area (Å²) < 4.78 is 0.